The molecule has 0 aromatic heterocycles. The molecule has 3 rings (SSSR count). The third-order valence-electron chi connectivity index (χ3n) is 5.91. The highest BCUT2D eigenvalue weighted by atomic mass is 16.6. The van der Waals surface area contributed by atoms with Gasteiger partial charge in [-0.2, -0.15) is 0 Å². The van der Waals surface area contributed by atoms with Gasteiger partial charge in [0, 0.05) is 37.7 Å². The first-order valence-corrected chi connectivity index (χ1v) is 10.9. The summed E-state index contributed by atoms with van der Waals surface area (Å²) in [5.41, 5.74) is 1.35. The van der Waals surface area contributed by atoms with E-state index in [1.807, 2.05) is 4.90 Å². The van der Waals surface area contributed by atoms with E-state index in [0.29, 0.717) is 43.1 Å². The van der Waals surface area contributed by atoms with Crippen LogP contribution in [-0.2, 0) is 20.9 Å². The van der Waals surface area contributed by atoms with Gasteiger partial charge in [0.25, 0.3) is 5.69 Å². The average molecular weight is 472 g/mol. The quantitative estimate of drug-likeness (QED) is 0.312. The summed E-state index contributed by atoms with van der Waals surface area (Å²) in [6.45, 7) is 1.01. The minimum Gasteiger partial charge on any atom is -0.497 e. The highest BCUT2D eigenvalue weighted by molar-refractivity contribution is 5.84. The maximum Gasteiger partial charge on any atom is 0.325 e. The van der Waals surface area contributed by atoms with E-state index in [0.717, 1.165) is 5.56 Å². The normalized spacial score (nSPS) is 13.8. The lowest BCUT2D eigenvalue weighted by Crippen LogP contribution is -2.44. The first-order valence-electron chi connectivity index (χ1n) is 10.9. The Bertz CT molecular complexity index is 1010. The second-order valence-corrected chi connectivity index (χ2v) is 8.00. The Hall–Kier alpha value is -3.82. The predicted octanol–water partition coefficient (Wildman–Crippen LogP) is 3.03. The van der Waals surface area contributed by atoms with Crippen molar-refractivity contribution in [1.29, 1.82) is 0 Å². The van der Waals surface area contributed by atoms with Crippen molar-refractivity contribution in [3.8, 4) is 11.5 Å². The fraction of sp³-hybridized carbons (Fsp3) is 0.417. The second kappa shape index (κ2) is 11.4. The van der Waals surface area contributed by atoms with Gasteiger partial charge in [-0.1, -0.05) is 12.1 Å². The second-order valence-electron chi connectivity index (χ2n) is 8.00. The standard InChI is InChI=1S/C24H29N3O7/c1-32-19-12-17(13-20(14-19)33-2)15-26(16-23(28)34-3)24(29)18-8-10-25(11-9-18)21-6-4-5-7-22(21)27(30)31/h4-7,12-14,18H,8-11,15-16H2,1-3H3. The lowest BCUT2D eigenvalue weighted by atomic mass is 9.94. The molecule has 1 heterocycles. The average Bonchev–Trinajstić information content (AvgIpc) is 2.87. The fourth-order valence-electron chi connectivity index (χ4n) is 4.12. The zero-order valence-corrected chi connectivity index (χ0v) is 19.6. The molecule has 0 atom stereocenters. The number of amides is 1. The molecular weight excluding hydrogens is 442 g/mol. The summed E-state index contributed by atoms with van der Waals surface area (Å²) in [6.07, 6.45) is 1.04. The number of nitro benzene ring substituents is 1. The number of ether oxygens (including phenoxy) is 3. The largest absolute Gasteiger partial charge is 0.497 e. The number of methoxy groups -OCH3 is 3. The van der Waals surface area contributed by atoms with E-state index in [1.54, 1.807) is 50.6 Å². The van der Waals surface area contributed by atoms with Gasteiger partial charge in [0.15, 0.2) is 0 Å². The Balaban J connectivity index is 1.74. The number of anilines is 1. The van der Waals surface area contributed by atoms with E-state index >= 15 is 0 Å². The first kappa shape index (κ1) is 24.8. The highest BCUT2D eigenvalue weighted by Gasteiger charge is 2.31. The topological polar surface area (TPSA) is 111 Å². The van der Waals surface area contributed by atoms with Gasteiger partial charge in [-0.15, -0.1) is 0 Å². The van der Waals surface area contributed by atoms with E-state index in [9.17, 15) is 19.7 Å². The van der Waals surface area contributed by atoms with Crippen LogP contribution in [0.25, 0.3) is 0 Å². The van der Waals surface area contributed by atoms with Crippen LogP contribution in [0.2, 0.25) is 0 Å². The Labute approximate surface area is 198 Å². The number of hydrogen-bond acceptors (Lipinski definition) is 8. The smallest absolute Gasteiger partial charge is 0.325 e. The van der Waals surface area contributed by atoms with Crippen LogP contribution in [0.1, 0.15) is 18.4 Å². The van der Waals surface area contributed by atoms with Crippen molar-refractivity contribution in [2.24, 2.45) is 5.92 Å². The number of carbonyl (C=O) groups excluding carboxylic acids is 2. The molecule has 0 saturated carbocycles. The minimum absolute atomic E-state index is 0.0477. The van der Waals surface area contributed by atoms with Crippen molar-refractivity contribution in [2.45, 2.75) is 19.4 Å². The van der Waals surface area contributed by atoms with Crippen molar-refractivity contribution >= 4 is 23.3 Å². The summed E-state index contributed by atoms with van der Waals surface area (Å²) in [7, 11) is 4.37. The first-order chi connectivity index (χ1) is 16.4. The van der Waals surface area contributed by atoms with Crippen molar-refractivity contribution in [3.63, 3.8) is 0 Å². The van der Waals surface area contributed by atoms with Gasteiger partial charge in [0.1, 0.15) is 23.7 Å². The minimum atomic E-state index is -0.513. The molecular formula is C24H29N3O7. The Morgan fingerprint density at radius 3 is 2.24 bits per heavy atom. The zero-order valence-electron chi connectivity index (χ0n) is 19.6. The number of para-hydroxylation sites is 2. The van der Waals surface area contributed by atoms with E-state index in [4.69, 9.17) is 14.2 Å². The molecule has 2 aromatic rings. The Morgan fingerprint density at radius 1 is 1.06 bits per heavy atom. The van der Waals surface area contributed by atoms with Crippen molar-refractivity contribution in [3.05, 3.63) is 58.1 Å². The van der Waals surface area contributed by atoms with E-state index in [-0.39, 0.29) is 30.6 Å². The summed E-state index contributed by atoms with van der Waals surface area (Å²) in [4.78, 5) is 39.8. The monoisotopic (exact) mass is 471 g/mol. The van der Waals surface area contributed by atoms with E-state index in [1.165, 1.54) is 18.1 Å². The molecule has 0 spiro atoms. The van der Waals surface area contributed by atoms with Crippen LogP contribution in [0.15, 0.2) is 42.5 Å². The number of rotatable bonds is 9. The molecule has 1 aliphatic rings. The number of hydrogen-bond donors (Lipinski definition) is 0. The van der Waals surface area contributed by atoms with Crippen LogP contribution in [0.3, 0.4) is 0 Å². The SMILES string of the molecule is COC(=O)CN(Cc1cc(OC)cc(OC)c1)C(=O)C1CCN(c2ccccc2[N+](=O)[O-])CC1. The van der Waals surface area contributed by atoms with Gasteiger partial charge in [-0.3, -0.25) is 19.7 Å². The molecule has 10 nitrogen and oxygen atoms in total. The number of piperidine rings is 1. The van der Waals surface area contributed by atoms with Crippen LogP contribution < -0.4 is 14.4 Å². The molecule has 182 valence electrons. The molecule has 1 aliphatic heterocycles. The number of esters is 1. The van der Waals surface area contributed by atoms with Crippen LogP contribution in [0, 0.1) is 16.0 Å². The summed E-state index contributed by atoms with van der Waals surface area (Å²) in [6, 6.07) is 11.9. The van der Waals surface area contributed by atoms with Gasteiger partial charge >= 0.3 is 5.97 Å². The maximum atomic E-state index is 13.4. The number of carbonyl (C=O) groups is 2. The number of nitro groups is 1. The van der Waals surface area contributed by atoms with Gasteiger partial charge in [-0.25, -0.2) is 0 Å². The Kier molecular flexibility index (Phi) is 8.29. The van der Waals surface area contributed by atoms with Crippen LogP contribution >= 0.6 is 0 Å². The number of benzene rings is 2. The fourth-order valence-corrected chi connectivity index (χ4v) is 4.12. The van der Waals surface area contributed by atoms with Crippen molar-refractivity contribution in [2.75, 3.05) is 45.9 Å². The molecule has 1 fully saturated rings. The Morgan fingerprint density at radius 2 is 1.68 bits per heavy atom. The molecule has 2 aromatic carbocycles. The predicted molar refractivity (Wildman–Crippen MR) is 125 cm³/mol. The third kappa shape index (κ3) is 5.94. The lowest BCUT2D eigenvalue weighted by Gasteiger charge is -2.35. The zero-order chi connectivity index (χ0) is 24.7. The molecule has 34 heavy (non-hydrogen) atoms. The van der Waals surface area contributed by atoms with Crippen LogP contribution in [0.5, 0.6) is 11.5 Å². The molecule has 0 bridgehead atoms. The maximum absolute atomic E-state index is 13.4. The van der Waals surface area contributed by atoms with E-state index in [2.05, 4.69) is 0 Å². The molecule has 1 amide bonds. The van der Waals surface area contributed by atoms with E-state index < -0.39 is 10.9 Å². The van der Waals surface area contributed by atoms with Crippen LogP contribution in [-0.4, -0.2) is 62.7 Å². The molecule has 0 N–H and O–H groups in total. The highest BCUT2D eigenvalue weighted by Crippen LogP contribution is 2.32. The summed E-state index contributed by atoms with van der Waals surface area (Å²) < 4.78 is 15.4. The molecule has 0 unspecified atom stereocenters. The van der Waals surface area contributed by atoms with Gasteiger partial charge in [0.05, 0.1) is 26.3 Å². The summed E-state index contributed by atoms with van der Waals surface area (Å²) >= 11 is 0. The number of nitrogens with zero attached hydrogens (tertiary/aromatic N) is 3. The van der Waals surface area contributed by atoms with Crippen molar-refractivity contribution in [1.82, 2.24) is 4.90 Å². The molecule has 1 saturated heterocycles. The third-order valence-corrected chi connectivity index (χ3v) is 5.91. The van der Waals surface area contributed by atoms with Gasteiger partial charge in [-0.05, 0) is 36.6 Å². The molecule has 10 heteroatoms. The molecule has 0 aliphatic carbocycles. The lowest BCUT2D eigenvalue weighted by molar-refractivity contribution is -0.384. The van der Waals surface area contributed by atoms with Crippen molar-refractivity contribution < 1.29 is 28.7 Å². The molecule has 0 radical (unpaired) electrons. The summed E-state index contributed by atoms with van der Waals surface area (Å²) in [5, 5.41) is 11.4. The van der Waals surface area contributed by atoms with Gasteiger partial charge < -0.3 is 24.0 Å². The van der Waals surface area contributed by atoms with Gasteiger partial charge in [0.2, 0.25) is 5.91 Å². The van der Waals surface area contributed by atoms with Crippen LogP contribution in [0.4, 0.5) is 11.4 Å². The summed E-state index contributed by atoms with van der Waals surface area (Å²) in [5.74, 6) is 0.182.